The van der Waals surface area contributed by atoms with Crippen molar-refractivity contribution in [3.05, 3.63) is 29.3 Å². The fourth-order valence-corrected chi connectivity index (χ4v) is 2.50. The molecule has 20 heavy (non-hydrogen) atoms. The summed E-state index contributed by atoms with van der Waals surface area (Å²) in [5.74, 6) is -4.68. The van der Waals surface area contributed by atoms with Gasteiger partial charge in [-0.25, -0.2) is 26.7 Å². The molecule has 0 saturated heterocycles. The maximum Gasteiger partial charge on any atom is 0.335 e. The van der Waals surface area contributed by atoms with Crippen molar-refractivity contribution in [1.29, 1.82) is 0 Å². The second-order valence-corrected chi connectivity index (χ2v) is 6.01. The Kier molecular flexibility index (Phi) is 5.15. The lowest BCUT2D eigenvalue weighted by atomic mass is 10.2. The molecule has 0 aliphatic rings. The molecule has 6 nitrogen and oxygen atoms in total. The van der Waals surface area contributed by atoms with Crippen LogP contribution in [0.2, 0.25) is 0 Å². The summed E-state index contributed by atoms with van der Waals surface area (Å²) in [5, 5.41) is 8.73. The van der Waals surface area contributed by atoms with Gasteiger partial charge in [0.25, 0.3) is 0 Å². The average molecular weight is 308 g/mol. The molecule has 0 aromatic heterocycles. The minimum absolute atomic E-state index is 0.0201. The van der Waals surface area contributed by atoms with Gasteiger partial charge >= 0.3 is 5.97 Å². The number of aromatic carboxylic acids is 1. The molecule has 0 heterocycles. The average Bonchev–Trinajstić information content (AvgIpc) is 2.31. The first-order chi connectivity index (χ1) is 9.15. The third kappa shape index (κ3) is 3.95. The Morgan fingerprint density at radius 1 is 1.35 bits per heavy atom. The van der Waals surface area contributed by atoms with Crippen molar-refractivity contribution in [2.24, 2.45) is 0 Å². The van der Waals surface area contributed by atoms with Crippen LogP contribution in [0.4, 0.5) is 8.78 Å². The number of halogens is 2. The van der Waals surface area contributed by atoms with Gasteiger partial charge in [-0.05, 0) is 26.2 Å². The lowest BCUT2D eigenvalue weighted by Crippen LogP contribution is -2.32. The number of rotatable bonds is 6. The Labute approximate surface area is 115 Å². The number of hydrogen-bond donors (Lipinski definition) is 2. The van der Waals surface area contributed by atoms with Gasteiger partial charge < -0.3 is 10.0 Å². The van der Waals surface area contributed by atoms with Gasteiger partial charge in [0, 0.05) is 13.1 Å². The van der Waals surface area contributed by atoms with E-state index in [4.69, 9.17) is 5.11 Å². The van der Waals surface area contributed by atoms with E-state index in [0.717, 1.165) is 0 Å². The summed E-state index contributed by atoms with van der Waals surface area (Å²) in [6.07, 6.45) is 0. The molecule has 112 valence electrons. The van der Waals surface area contributed by atoms with Crippen LogP contribution in [0.15, 0.2) is 17.0 Å². The van der Waals surface area contributed by atoms with Gasteiger partial charge in [0.15, 0.2) is 11.6 Å². The van der Waals surface area contributed by atoms with E-state index < -0.39 is 38.1 Å². The van der Waals surface area contributed by atoms with E-state index in [1.54, 1.807) is 19.0 Å². The molecule has 2 N–H and O–H groups in total. The summed E-state index contributed by atoms with van der Waals surface area (Å²) >= 11 is 0. The number of nitrogens with zero attached hydrogens (tertiary/aromatic N) is 1. The second kappa shape index (κ2) is 6.25. The van der Waals surface area contributed by atoms with Gasteiger partial charge in [-0.1, -0.05) is 0 Å². The Hall–Kier alpha value is -1.58. The third-order valence-electron chi connectivity index (χ3n) is 2.38. The molecule has 0 aliphatic carbocycles. The highest BCUT2D eigenvalue weighted by Gasteiger charge is 2.24. The minimum atomic E-state index is -4.32. The summed E-state index contributed by atoms with van der Waals surface area (Å²) < 4.78 is 52.5. The summed E-state index contributed by atoms with van der Waals surface area (Å²) in [6.45, 7) is 0.329. The van der Waals surface area contributed by atoms with Crippen molar-refractivity contribution < 1.29 is 27.1 Å². The van der Waals surface area contributed by atoms with E-state index in [0.29, 0.717) is 18.7 Å². The topological polar surface area (TPSA) is 86.7 Å². The van der Waals surface area contributed by atoms with E-state index >= 15 is 0 Å². The number of benzene rings is 1. The van der Waals surface area contributed by atoms with Crippen molar-refractivity contribution >= 4 is 16.0 Å². The highest BCUT2D eigenvalue weighted by Crippen LogP contribution is 2.19. The molecule has 1 rings (SSSR count). The van der Waals surface area contributed by atoms with E-state index in [2.05, 4.69) is 4.72 Å². The van der Waals surface area contributed by atoms with Crippen LogP contribution in [-0.4, -0.2) is 51.6 Å². The van der Waals surface area contributed by atoms with Gasteiger partial charge in [0.05, 0.1) is 5.56 Å². The second-order valence-electron chi connectivity index (χ2n) is 4.28. The first kappa shape index (κ1) is 16.5. The van der Waals surface area contributed by atoms with Gasteiger partial charge in [0.1, 0.15) is 4.90 Å². The number of likely N-dealkylation sites (N-methyl/N-ethyl adjacent to an activating group) is 1. The SMILES string of the molecule is CN(C)CCNS(=O)(=O)c1cc(C(=O)O)cc(F)c1F. The highest BCUT2D eigenvalue weighted by molar-refractivity contribution is 7.89. The van der Waals surface area contributed by atoms with Crippen LogP contribution < -0.4 is 4.72 Å². The monoisotopic (exact) mass is 308 g/mol. The molecule has 0 saturated carbocycles. The van der Waals surface area contributed by atoms with E-state index in [1.807, 2.05) is 0 Å². The molecule has 0 radical (unpaired) electrons. The zero-order chi connectivity index (χ0) is 15.5. The van der Waals surface area contributed by atoms with Gasteiger partial charge in [-0.3, -0.25) is 0 Å². The summed E-state index contributed by atoms with van der Waals surface area (Å²) in [7, 11) is -0.904. The maximum atomic E-state index is 13.5. The van der Waals surface area contributed by atoms with Gasteiger partial charge in [-0.15, -0.1) is 0 Å². The predicted molar refractivity (Wildman–Crippen MR) is 67.1 cm³/mol. The fraction of sp³-hybridized carbons (Fsp3) is 0.364. The third-order valence-corrected chi connectivity index (χ3v) is 3.84. The number of hydrogen-bond acceptors (Lipinski definition) is 4. The minimum Gasteiger partial charge on any atom is -0.478 e. The van der Waals surface area contributed by atoms with Gasteiger partial charge in [0.2, 0.25) is 10.0 Å². The number of carboxylic acids is 1. The summed E-state index contributed by atoms with van der Waals surface area (Å²) in [4.78, 5) is 11.4. The predicted octanol–water partition coefficient (Wildman–Crippen LogP) is 0.503. The van der Waals surface area contributed by atoms with E-state index in [9.17, 15) is 22.0 Å². The quantitative estimate of drug-likeness (QED) is 0.799. The molecule has 0 unspecified atom stereocenters. The first-order valence-corrected chi connectivity index (χ1v) is 7.00. The summed E-state index contributed by atoms with van der Waals surface area (Å²) in [5.41, 5.74) is -0.642. The molecule has 0 spiro atoms. The molecule has 0 aliphatic heterocycles. The van der Waals surface area contributed by atoms with Crippen molar-refractivity contribution in [2.75, 3.05) is 27.2 Å². The largest absolute Gasteiger partial charge is 0.478 e. The lowest BCUT2D eigenvalue weighted by molar-refractivity contribution is 0.0696. The molecule has 0 bridgehead atoms. The van der Waals surface area contributed by atoms with Crippen LogP contribution in [0, 0.1) is 11.6 Å². The van der Waals surface area contributed by atoms with Crippen LogP contribution in [0.3, 0.4) is 0 Å². The highest BCUT2D eigenvalue weighted by atomic mass is 32.2. The van der Waals surface area contributed by atoms with Crippen LogP contribution in [-0.2, 0) is 10.0 Å². The molecule has 0 atom stereocenters. The van der Waals surface area contributed by atoms with Crippen LogP contribution in [0.5, 0.6) is 0 Å². The number of carbonyl (C=O) groups is 1. The number of carboxylic acid groups (broad SMARTS) is 1. The van der Waals surface area contributed by atoms with Crippen LogP contribution in [0.1, 0.15) is 10.4 Å². The first-order valence-electron chi connectivity index (χ1n) is 5.52. The molecule has 1 aromatic rings. The zero-order valence-electron chi connectivity index (χ0n) is 10.9. The van der Waals surface area contributed by atoms with Crippen molar-refractivity contribution in [2.45, 2.75) is 4.90 Å². The molecule has 9 heteroatoms. The Balaban J connectivity index is 3.14. The van der Waals surface area contributed by atoms with E-state index in [-0.39, 0.29) is 6.54 Å². The van der Waals surface area contributed by atoms with Crippen LogP contribution >= 0.6 is 0 Å². The Bertz CT molecular complexity index is 617. The molecular weight excluding hydrogens is 294 g/mol. The normalized spacial score (nSPS) is 11.8. The number of sulfonamides is 1. The van der Waals surface area contributed by atoms with Crippen LogP contribution in [0.25, 0.3) is 0 Å². The Morgan fingerprint density at radius 2 is 1.95 bits per heavy atom. The maximum absolute atomic E-state index is 13.5. The lowest BCUT2D eigenvalue weighted by Gasteiger charge is -2.12. The smallest absolute Gasteiger partial charge is 0.335 e. The fourth-order valence-electron chi connectivity index (χ4n) is 1.36. The van der Waals surface area contributed by atoms with Crippen molar-refractivity contribution in [1.82, 2.24) is 9.62 Å². The molecule has 0 amide bonds. The Morgan fingerprint density at radius 3 is 2.45 bits per heavy atom. The zero-order valence-corrected chi connectivity index (χ0v) is 11.7. The summed E-state index contributed by atoms with van der Waals surface area (Å²) in [6, 6.07) is 1.01. The van der Waals surface area contributed by atoms with Crippen molar-refractivity contribution in [3.63, 3.8) is 0 Å². The molecule has 1 aromatic carbocycles. The van der Waals surface area contributed by atoms with E-state index in [1.165, 1.54) is 0 Å². The number of nitrogens with one attached hydrogen (secondary N) is 1. The van der Waals surface area contributed by atoms with Crippen molar-refractivity contribution in [3.8, 4) is 0 Å². The van der Waals surface area contributed by atoms with Gasteiger partial charge in [-0.2, -0.15) is 0 Å². The standard InChI is InChI=1S/C11H14F2N2O4S/c1-15(2)4-3-14-20(18,19)9-6-7(11(16)17)5-8(12)10(9)13/h5-6,14H,3-4H2,1-2H3,(H,16,17). The molecule has 0 fully saturated rings. The molecular formula is C11H14F2N2O4S.